The van der Waals surface area contributed by atoms with Gasteiger partial charge in [0, 0.05) is 6.04 Å². The third-order valence-electron chi connectivity index (χ3n) is 3.81. The quantitative estimate of drug-likeness (QED) is 0.712. The number of halogens is 2. The van der Waals surface area contributed by atoms with Crippen LogP contribution in [0.3, 0.4) is 0 Å². The van der Waals surface area contributed by atoms with E-state index in [2.05, 4.69) is 5.32 Å². The van der Waals surface area contributed by atoms with Crippen LogP contribution in [0, 0.1) is 5.92 Å². The molecule has 8 heteroatoms. The van der Waals surface area contributed by atoms with E-state index >= 15 is 0 Å². The molecule has 25 heavy (non-hydrogen) atoms. The van der Waals surface area contributed by atoms with Crippen LogP contribution in [0.5, 0.6) is 0 Å². The maximum atomic E-state index is 12.8. The molecule has 0 heterocycles. The number of sulfone groups is 1. The van der Waals surface area contributed by atoms with E-state index in [0.29, 0.717) is 15.6 Å². The van der Waals surface area contributed by atoms with Gasteiger partial charge in [0.1, 0.15) is 0 Å². The Labute approximate surface area is 160 Å². The van der Waals surface area contributed by atoms with Gasteiger partial charge in [-0.15, -0.1) is 0 Å². The summed E-state index contributed by atoms with van der Waals surface area (Å²) >= 11 is 11.9. The van der Waals surface area contributed by atoms with Gasteiger partial charge in [0.05, 0.1) is 27.2 Å². The van der Waals surface area contributed by atoms with Gasteiger partial charge in [-0.1, -0.05) is 43.1 Å². The van der Waals surface area contributed by atoms with Gasteiger partial charge in [-0.25, -0.2) is 13.2 Å². The van der Waals surface area contributed by atoms with E-state index in [1.165, 1.54) is 0 Å². The van der Waals surface area contributed by atoms with Crippen molar-refractivity contribution in [2.45, 2.75) is 52.0 Å². The highest BCUT2D eigenvalue weighted by atomic mass is 35.5. The molecular formula is C17H25Cl2NO4S. The first kappa shape index (κ1) is 22.1. The van der Waals surface area contributed by atoms with E-state index in [-0.39, 0.29) is 17.8 Å². The van der Waals surface area contributed by atoms with Crippen molar-refractivity contribution in [3.05, 3.63) is 33.8 Å². The number of hydrogen-bond donors (Lipinski definition) is 1. The number of carbonyl (C=O) groups excluding carboxylic acids is 1. The summed E-state index contributed by atoms with van der Waals surface area (Å²) in [6.45, 7) is 8.75. The summed E-state index contributed by atoms with van der Waals surface area (Å²) in [7, 11) is -3.53. The highest BCUT2D eigenvalue weighted by molar-refractivity contribution is 7.91. The van der Waals surface area contributed by atoms with Crippen molar-refractivity contribution < 1.29 is 17.9 Å². The van der Waals surface area contributed by atoms with E-state index in [9.17, 15) is 13.2 Å². The molecule has 1 aromatic carbocycles. The summed E-state index contributed by atoms with van der Waals surface area (Å²) in [5.74, 6) is -0.269. The van der Waals surface area contributed by atoms with Gasteiger partial charge in [-0.2, -0.15) is 0 Å². The monoisotopic (exact) mass is 409 g/mol. The predicted molar refractivity (Wildman–Crippen MR) is 102 cm³/mol. The van der Waals surface area contributed by atoms with E-state index in [4.69, 9.17) is 27.9 Å². The second-order valence-electron chi connectivity index (χ2n) is 6.59. The van der Waals surface area contributed by atoms with Gasteiger partial charge >= 0.3 is 6.09 Å². The molecule has 1 amide bonds. The van der Waals surface area contributed by atoms with Crippen molar-refractivity contribution in [3.63, 3.8) is 0 Å². The number of benzene rings is 1. The predicted octanol–water partition coefficient (Wildman–Crippen LogP) is 4.63. The molecule has 0 saturated carbocycles. The fraction of sp³-hybridized carbons (Fsp3) is 0.588. The molecule has 0 spiro atoms. The highest BCUT2D eigenvalue weighted by Crippen LogP contribution is 2.30. The van der Waals surface area contributed by atoms with Crippen LogP contribution in [0.4, 0.5) is 4.79 Å². The fourth-order valence-corrected chi connectivity index (χ4v) is 4.29. The minimum atomic E-state index is -3.53. The van der Waals surface area contributed by atoms with Gasteiger partial charge < -0.3 is 10.1 Å². The lowest BCUT2D eigenvalue weighted by Crippen LogP contribution is -2.44. The first-order valence-corrected chi connectivity index (χ1v) is 10.5. The van der Waals surface area contributed by atoms with Crippen molar-refractivity contribution >= 4 is 39.1 Å². The molecule has 0 aromatic heterocycles. The van der Waals surface area contributed by atoms with Crippen LogP contribution in [0.1, 0.15) is 45.4 Å². The molecule has 1 N–H and O–H groups in total. The molecule has 142 valence electrons. The van der Waals surface area contributed by atoms with Crippen molar-refractivity contribution in [2.24, 2.45) is 5.92 Å². The molecule has 0 aliphatic carbocycles. The fourth-order valence-electron chi connectivity index (χ4n) is 2.17. The Bertz CT molecular complexity index is 705. The Morgan fingerprint density at radius 3 is 2.20 bits per heavy atom. The molecule has 0 saturated heterocycles. The number of nitrogens with one attached hydrogen (secondary N) is 1. The van der Waals surface area contributed by atoms with Crippen molar-refractivity contribution in [2.75, 3.05) is 5.75 Å². The summed E-state index contributed by atoms with van der Waals surface area (Å²) < 4.78 is 30.6. The zero-order valence-corrected chi connectivity index (χ0v) is 17.4. The van der Waals surface area contributed by atoms with Gasteiger partial charge in [-0.05, 0) is 44.4 Å². The molecule has 0 aliphatic rings. The Morgan fingerprint density at radius 2 is 1.72 bits per heavy atom. The lowest BCUT2D eigenvalue weighted by molar-refractivity contribution is 0.111. The standard InChI is InChI=1S/C17H25Cl2NO4S/c1-10(2)16(20-17(21)24-11(3)4)9-25(22,23)12(5)13-6-7-14(18)15(19)8-13/h6-8,10-12,16H,9H2,1-5H3,(H,20,21)/t12?,16-/m1/s1. The first-order valence-electron chi connectivity index (χ1n) is 8.07. The third-order valence-corrected chi connectivity index (χ3v) is 6.73. The number of hydrogen-bond acceptors (Lipinski definition) is 4. The summed E-state index contributed by atoms with van der Waals surface area (Å²) in [5, 5.41) is 2.55. The zero-order valence-electron chi connectivity index (χ0n) is 15.0. The van der Waals surface area contributed by atoms with Crippen LogP contribution >= 0.6 is 23.2 Å². The minimum Gasteiger partial charge on any atom is -0.447 e. The van der Waals surface area contributed by atoms with Crippen molar-refractivity contribution in [1.29, 1.82) is 0 Å². The maximum Gasteiger partial charge on any atom is 0.407 e. The molecule has 0 radical (unpaired) electrons. The molecule has 1 aromatic rings. The Kier molecular flexibility index (Phi) is 8.03. The van der Waals surface area contributed by atoms with Gasteiger partial charge in [-0.3, -0.25) is 0 Å². The average molecular weight is 410 g/mol. The topological polar surface area (TPSA) is 72.5 Å². The summed E-state index contributed by atoms with van der Waals surface area (Å²) in [6.07, 6.45) is -0.898. The van der Waals surface area contributed by atoms with E-state index in [1.54, 1.807) is 39.0 Å². The average Bonchev–Trinajstić information content (AvgIpc) is 2.47. The molecule has 1 unspecified atom stereocenters. The van der Waals surface area contributed by atoms with Crippen molar-refractivity contribution in [3.8, 4) is 0 Å². The van der Waals surface area contributed by atoms with Crippen LogP contribution in [-0.2, 0) is 14.6 Å². The van der Waals surface area contributed by atoms with Crippen LogP contribution in [0.2, 0.25) is 10.0 Å². The smallest absolute Gasteiger partial charge is 0.407 e. The summed E-state index contributed by atoms with van der Waals surface area (Å²) in [5.41, 5.74) is 0.557. The molecule has 0 bridgehead atoms. The largest absolute Gasteiger partial charge is 0.447 e. The molecule has 0 aliphatic heterocycles. The second kappa shape index (κ2) is 9.10. The SMILES string of the molecule is CC(C)OC(=O)N[C@H](CS(=O)(=O)C(C)c1ccc(Cl)c(Cl)c1)C(C)C. The Hall–Kier alpha value is -0.980. The number of ether oxygens (including phenoxy) is 1. The normalized spacial score (nSPS) is 14.4. The highest BCUT2D eigenvalue weighted by Gasteiger charge is 2.30. The first-order chi connectivity index (χ1) is 11.4. The lowest BCUT2D eigenvalue weighted by atomic mass is 10.1. The zero-order chi connectivity index (χ0) is 19.4. The van der Waals surface area contributed by atoms with Crippen LogP contribution in [0.15, 0.2) is 18.2 Å². The van der Waals surface area contributed by atoms with E-state index in [0.717, 1.165) is 0 Å². The second-order valence-corrected chi connectivity index (χ2v) is 9.77. The van der Waals surface area contributed by atoms with E-state index < -0.39 is 27.2 Å². The summed E-state index contributed by atoms with van der Waals surface area (Å²) in [4.78, 5) is 11.8. The van der Waals surface area contributed by atoms with Gasteiger partial charge in [0.2, 0.25) is 0 Å². The van der Waals surface area contributed by atoms with Gasteiger partial charge in [0.25, 0.3) is 0 Å². The van der Waals surface area contributed by atoms with Crippen LogP contribution in [-0.4, -0.2) is 32.4 Å². The van der Waals surface area contributed by atoms with Crippen LogP contribution < -0.4 is 5.32 Å². The number of carbonyl (C=O) groups is 1. The summed E-state index contributed by atoms with van der Waals surface area (Å²) in [6, 6.07) is 4.21. The Balaban J connectivity index is 2.94. The Morgan fingerprint density at radius 1 is 1.12 bits per heavy atom. The van der Waals surface area contributed by atoms with Gasteiger partial charge in [0.15, 0.2) is 9.84 Å². The molecule has 1 rings (SSSR count). The molecule has 2 atom stereocenters. The maximum absolute atomic E-state index is 12.8. The number of alkyl carbamates (subject to hydrolysis) is 1. The van der Waals surface area contributed by atoms with E-state index in [1.807, 2.05) is 13.8 Å². The van der Waals surface area contributed by atoms with Crippen molar-refractivity contribution in [1.82, 2.24) is 5.32 Å². The molecule has 0 fully saturated rings. The number of rotatable bonds is 7. The third kappa shape index (κ3) is 6.68. The molecule has 5 nitrogen and oxygen atoms in total. The van der Waals surface area contributed by atoms with Crippen LogP contribution in [0.25, 0.3) is 0 Å². The lowest BCUT2D eigenvalue weighted by Gasteiger charge is -2.24. The minimum absolute atomic E-state index is 0.0736. The number of amides is 1. The molecular weight excluding hydrogens is 385 g/mol.